The van der Waals surface area contributed by atoms with E-state index in [-0.39, 0.29) is 38.6 Å². The fourth-order valence-electron chi connectivity index (χ4n) is 7.81. The van der Waals surface area contributed by atoms with Crippen molar-refractivity contribution in [2.24, 2.45) is 0 Å². The van der Waals surface area contributed by atoms with Gasteiger partial charge >= 0.3 is 11.9 Å². The first-order chi connectivity index (χ1) is 34.3. The van der Waals surface area contributed by atoms with E-state index in [1.54, 1.807) is 44.4 Å². The van der Waals surface area contributed by atoms with Gasteiger partial charge in [-0.15, -0.1) is 0 Å². The number of likely N-dealkylation sites (N-methyl/N-ethyl adjacent to an activating group) is 3. The Morgan fingerprint density at radius 3 is 1.49 bits per heavy atom. The topological polar surface area (TPSA) is 127 Å². The van der Waals surface area contributed by atoms with Crippen LogP contribution < -0.4 is 30.2 Å². The number of ether oxygens (including phenoxy) is 4. The molecular weight excluding hydrogens is 924 g/mol. The van der Waals surface area contributed by atoms with Crippen LogP contribution in [0.2, 0.25) is 0 Å². The van der Waals surface area contributed by atoms with E-state index >= 15 is 0 Å². The van der Waals surface area contributed by atoms with Crippen molar-refractivity contribution in [1.29, 1.82) is 0 Å². The molecular formula is C55H57F5N4O7. The Kier molecular flexibility index (Phi) is 19.6. The number of halogens is 5. The quantitative estimate of drug-likeness (QED) is 0.0128. The molecule has 11 nitrogen and oxygen atoms in total. The average Bonchev–Trinajstić information content (AvgIpc) is 3.40. The lowest BCUT2D eigenvalue weighted by Crippen LogP contribution is -2.51. The lowest BCUT2D eigenvalue weighted by Gasteiger charge is -2.30. The summed E-state index contributed by atoms with van der Waals surface area (Å²) >= 11 is 0. The Balaban J connectivity index is 1.39. The molecule has 374 valence electrons. The summed E-state index contributed by atoms with van der Waals surface area (Å²) in [6.45, 7) is 1.06. The van der Waals surface area contributed by atoms with E-state index in [9.17, 15) is 36.3 Å². The molecule has 0 fully saturated rings. The molecule has 0 saturated carbocycles. The van der Waals surface area contributed by atoms with Crippen molar-refractivity contribution in [2.75, 3.05) is 34.7 Å². The predicted octanol–water partition coefficient (Wildman–Crippen LogP) is 9.03. The van der Waals surface area contributed by atoms with Gasteiger partial charge in [-0.25, -0.2) is 22.8 Å². The number of carbonyl (C=O) groups is 3. The summed E-state index contributed by atoms with van der Waals surface area (Å²) in [6, 6.07) is 35.4. The van der Waals surface area contributed by atoms with Crippen molar-refractivity contribution in [3.8, 4) is 28.4 Å². The normalized spacial score (nSPS) is 12.4. The van der Waals surface area contributed by atoms with Crippen molar-refractivity contribution in [2.45, 2.75) is 70.1 Å². The van der Waals surface area contributed by atoms with Gasteiger partial charge in [0, 0.05) is 19.9 Å². The minimum Gasteiger partial charge on any atom is -0.489 e. The van der Waals surface area contributed by atoms with E-state index in [4.69, 9.17) is 18.9 Å². The molecule has 0 aliphatic heterocycles. The smallest absolute Gasteiger partial charge is 0.329 e. The van der Waals surface area contributed by atoms with Gasteiger partial charge in [-0.1, -0.05) is 110 Å². The number of amides is 1. The van der Waals surface area contributed by atoms with Gasteiger partial charge in [0.2, 0.25) is 40.7 Å². The number of nitrogens with one attached hydrogen (secondary N) is 3. The summed E-state index contributed by atoms with van der Waals surface area (Å²) in [5.74, 6) is -14.8. The Labute approximate surface area is 410 Å². The standard InChI is InChI=1S/C55H57F5N4O7/c1-61-27-15-14-22-42(62-2)53(65)64(4)44(55(67)70-34-37-20-12-7-13-21-37)31-41-29-39(24-26-46(41)69-33-36-18-10-6-11-19-36)38-23-25-45(68-32-35-16-8-5-9-17-35)40(28-38)30-43(63-3)54(66)71-52-50(59)48(57)47(56)49(58)51(52)60/h5-13,16-21,23-26,28-29,42-44,61-63H,14-15,22,27,30-34H2,1-4H3/t42-,43-,44-/m0/s1. The van der Waals surface area contributed by atoms with Crippen LogP contribution >= 0.6 is 0 Å². The third-order valence-corrected chi connectivity index (χ3v) is 11.9. The zero-order valence-electron chi connectivity index (χ0n) is 39.9. The summed E-state index contributed by atoms with van der Waals surface area (Å²) in [5, 5.41) is 8.96. The summed E-state index contributed by atoms with van der Waals surface area (Å²) < 4.78 is 94.8. The molecule has 6 rings (SSSR count). The second-order valence-electron chi connectivity index (χ2n) is 16.8. The first-order valence-corrected chi connectivity index (χ1v) is 23.1. The van der Waals surface area contributed by atoms with Gasteiger partial charge < -0.3 is 39.8 Å². The average molecular weight is 981 g/mol. The zero-order valence-corrected chi connectivity index (χ0v) is 39.9. The molecule has 0 spiro atoms. The second kappa shape index (κ2) is 26.2. The van der Waals surface area contributed by atoms with Crippen LogP contribution in [0.5, 0.6) is 17.2 Å². The molecule has 0 bridgehead atoms. The molecule has 6 aromatic carbocycles. The highest BCUT2D eigenvalue weighted by molar-refractivity contribution is 5.88. The van der Waals surface area contributed by atoms with Crippen LogP contribution in [0.4, 0.5) is 22.0 Å². The fraction of sp³-hybridized carbons (Fsp3) is 0.291. The second-order valence-corrected chi connectivity index (χ2v) is 16.8. The van der Waals surface area contributed by atoms with Crippen LogP contribution in [0.25, 0.3) is 11.1 Å². The number of unbranched alkanes of at least 4 members (excludes halogenated alkanes) is 1. The molecule has 71 heavy (non-hydrogen) atoms. The van der Waals surface area contributed by atoms with Crippen LogP contribution in [-0.4, -0.2) is 75.6 Å². The molecule has 0 radical (unpaired) electrons. The predicted molar refractivity (Wildman–Crippen MR) is 259 cm³/mol. The Morgan fingerprint density at radius 1 is 0.549 bits per heavy atom. The highest BCUT2D eigenvalue weighted by Crippen LogP contribution is 2.34. The number of hydrogen-bond donors (Lipinski definition) is 3. The lowest BCUT2D eigenvalue weighted by atomic mass is 9.95. The number of esters is 2. The molecule has 3 N–H and O–H groups in total. The summed E-state index contributed by atoms with van der Waals surface area (Å²) in [6.07, 6.45) is 1.88. The molecule has 0 aliphatic rings. The third-order valence-electron chi connectivity index (χ3n) is 11.9. The first kappa shape index (κ1) is 53.2. The van der Waals surface area contributed by atoms with Gasteiger partial charge in [-0.2, -0.15) is 8.78 Å². The highest BCUT2D eigenvalue weighted by atomic mass is 19.2. The number of rotatable bonds is 25. The minimum absolute atomic E-state index is 0.0273. The van der Waals surface area contributed by atoms with Crippen molar-refractivity contribution in [3.63, 3.8) is 0 Å². The zero-order chi connectivity index (χ0) is 50.9. The van der Waals surface area contributed by atoms with Crippen molar-refractivity contribution in [3.05, 3.63) is 184 Å². The van der Waals surface area contributed by atoms with Crippen molar-refractivity contribution in [1.82, 2.24) is 20.9 Å². The first-order valence-electron chi connectivity index (χ1n) is 23.1. The lowest BCUT2D eigenvalue weighted by molar-refractivity contribution is -0.156. The van der Waals surface area contributed by atoms with Crippen LogP contribution in [0.1, 0.15) is 47.1 Å². The van der Waals surface area contributed by atoms with Crippen LogP contribution in [0.15, 0.2) is 127 Å². The van der Waals surface area contributed by atoms with E-state index in [1.807, 2.05) is 104 Å². The summed E-state index contributed by atoms with van der Waals surface area (Å²) in [7, 11) is 6.52. The van der Waals surface area contributed by atoms with Gasteiger partial charge in [0.15, 0.2) is 0 Å². The molecule has 0 aromatic heterocycles. The number of benzene rings is 6. The number of carbonyl (C=O) groups excluding carboxylic acids is 3. The van der Waals surface area contributed by atoms with E-state index in [0.29, 0.717) is 40.2 Å². The molecule has 0 saturated heterocycles. The largest absolute Gasteiger partial charge is 0.489 e. The molecule has 0 heterocycles. The van der Waals surface area contributed by atoms with Crippen LogP contribution in [0, 0.1) is 29.1 Å². The van der Waals surface area contributed by atoms with Crippen LogP contribution in [0.3, 0.4) is 0 Å². The third kappa shape index (κ3) is 14.2. The molecule has 6 aromatic rings. The SMILES string of the molecule is CNCCCC[C@H](NC)C(=O)N(C)[C@@H](Cc1cc(-c2ccc(OCc3ccccc3)c(C[C@H](NC)C(=O)Oc3c(F)c(F)c(F)c(F)c3F)c2)ccc1OCc1ccccc1)C(=O)OCc1ccccc1. The highest BCUT2D eigenvalue weighted by Gasteiger charge is 2.34. The number of hydrogen-bond acceptors (Lipinski definition) is 10. The van der Waals surface area contributed by atoms with Gasteiger partial charge in [-0.3, -0.25) is 4.79 Å². The molecule has 3 atom stereocenters. The van der Waals surface area contributed by atoms with Gasteiger partial charge in [-0.05, 0) is 104 Å². The molecule has 1 amide bonds. The number of nitrogens with zero attached hydrogens (tertiary/aromatic N) is 1. The van der Waals surface area contributed by atoms with E-state index in [2.05, 4.69) is 16.0 Å². The summed E-state index contributed by atoms with van der Waals surface area (Å²) in [5.41, 5.74) is 4.64. The Bertz CT molecular complexity index is 2690. The fourth-order valence-corrected chi connectivity index (χ4v) is 7.81. The monoisotopic (exact) mass is 980 g/mol. The summed E-state index contributed by atoms with van der Waals surface area (Å²) in [4.78, 5) is 43.5. The van der Waals surface area contributed by atoms with Crippen molar-refractivity contribution < 1.29 is 55.3 Å². The minimum atomic E-state index is -2.39. The molecule has 0 aliphatic carbocycles. The van der Waals surface area contributed by atoms with E-state index < -0.39 is 64.9 Å². The maximum atomic E-state index is 14.7. The Hall–Kier alpha value is -7.14. The maximum Gasteiger partial charge on any atom is 0.329 e. The van der Waals surface area contributed by atoms with Crippen LogP contribution in [-0.2, 0) is 51.8 Å². The van der Waals surface area contributed by atoms with E-state index in [1.165, 1.54) is 11.9 Å². The molecule has 0 unspecified atom stereocenters. The Morgan fingerprint density at radius 2 is 1.01 bits per heavy atom. The maximum absolute atomic E-state index is 14.7. The van der Waals surface area contributed by atoms with Crippen molar-refractivity contribution >= 4 is 17.8 Å². The van der Waals surface area contributed by atoms with Gasteiger partial charge in [0.1, 0.15) is 43.4 Å². The van der Waals surface area contributed by atoms with E-state index in [0.717, 1.165) is 36.1 Å². The van der Waals surface area contributed by atoms with Gasteiger partial charge in [0.05, 0.1) is 6.04 Å². The van der Waals surface area contributed by atoms with Gasteiger partial charge in [0.25, 0.3) is 0 Å². The molecule has 16 heteroatoms.